The Hall–Kier alpha value is -1.33. The summed E-state index contributed by atoms with van der Waals surface area (Å²) >= 11 is 0. The minimum Gasteiger partial charge on any atom is -0.455 e. The zero-order chi connectivity index (χ0) is 21.5. The van der Waals surface area contributed by atoms with Crippen LogP contribution in [0.5, 0.6) is 0 Å². The maximum Gasteiger partial charge on any atom is 0.443 e. The highest BCUT2D eigenvalue weighted by Crippen LogP contribution is 2.65. The van der Waals surface area contributed by atoms with Crippen LogP contribution in [-0.2, 0) is 19.0 Å². The van der Waals surface area contributed by atoms with Gasteiger partial charge in [0, 0.05) is 6.42 Å². The topological polar surface area (TPSA) is 65.0 Å². The van der Waals surface area contributed by atoms with E-state index in [1.165, 1.54) is 0 Å². The summed E-state index contributed by atoms with van der Waals surface area (Å²) in [4.78, 5) is 12.0. The number of ether oxygens (including phenoxy) is 3. The van der Waals surface area contributed by atoms with Gasteiger partial charge in [-0.2, -0.15) is 26.3 Å². The molecule has 3 unspecified atom stereocenters. The Kier molecular flexibility index (Phi) is 4.40. The third kappa shape index (κ3) is 3.16. The molecule has 0 aromatic heterocycles. The number of alkyl halides is 6. The van der Waals surface area contributed by atoms with Crippen LogP contribution in [0.3, 0.4) is 0 Å². The molecule has 1 aliphatic heterocycles. The first kappa shape index (κ1) is 20.9. The van der Waals surface area contributed by atoms with Gasteiger partial charge in [0.15, 0.2) is 6.79 Å². The van der Waals surface area contributed by atoms with Crippen molar-refractivity contribution in [2.75, 3.05) is 6.79 Å². The lowest BCUT2D eigenvalue weighted by Gasteiger charge is -2.65. The second-order valence-electron chi connectivity index (χ2n) is 8.71. The summed E-state index contributed by atoms with van der Waals surface area (Å²) in [5.74, 6) is -5.92. The summed E-state index contributed by atoms with van der Waals surface area (Å²) < 4.78 is 93.8. The van der Waals surface area contributed by atoms with Crippen LogP contribution in [0.1, 0.15) is 38.5 Å². The van der Waals surface area contributed by atoms with Crippen LogP contribution in [0.15, 0.2) is 12.2 Å². The van der Waals surface area contributed by atoms with Crippen LogP contribution in [0.4, 0.5) is 26.3 Å². The summed E-state index contributed by atoms with van der Waals surface area (Å²) in [5.41, 5.74) is -4.13. The lowest BCUT2D eigenvalue weighted by Crippen LogP contribution is -2.70. The zero-order valence-electron chi connectivity index (χ0n) is 15.2. The molecule has 5 nitrogen and oxygen atoms in total. The van der Waals surface area contributed by atoms with E-state index in [0.29, 0.717) is 19.3 Å². The quantitative estimate of drug-likeness (QED) is 0.412. The van der Waals surface area contributed by atoms with Crippen molar-refractivity contribution in [2.45, 2.75) is 67.9 Å². The first-order valence-corrected chi connectivity index (χ1v) is 9.26. The standard InChI is InChI=1S/C18H20F6O5/c1-9(17(19,20)21)13(25)29-14-4-10-2-11(5-14)15(12(3-10)6-14)7-16(26,18(22,23)24)28-8-27-15/h10-12,26H,1-8H2. The molecule has 0 radical (unpaired) electrons. The van der Waals surface area contributed by atoms with Crippen molar-refractivity contribution in [1.82, 2.24) is 0 Å². The Bertz CT molecular complexity index is 715. The number of carbonyl (C=O) groups excluding carboxylic acids is 1. The molecular formula is C18H20F6O5. The van der Waals surface area contributed by atoms with Gasteiger partial charge < -0.3 is 19.3 Å². The lowest BCUT2D eigenvalue weighted by molar-refractivity contribution is -0.444. The van der Waals surface area contributed by atoms with Crippen LogP contribution >= 0.6 is 0 Å². The van der Waals surface area contributed by atoms with Crippen LogP contribution in [0.25, 0.3) is 0 Å². The average Bonchev–Trinajstić information content (AvgIpc) is 2.56. The van der Waals surface area contributed by atoms with Crippen LogP contribution in [0, 0.1) is 17.8 Å². The number of hydrogen-bond donors (Lipinski definition) is 1. The van der Waals surface area contributed by atoms with E-state index < -0.39 is 65.9 Å². The van der Waals surface area contributed by atoms with E-state index in [0.717, 1.165) is 0 Å². The van der Waals surface area contributed by atoms with Crippen molar-refractivity contribution in [3.63, 3.8) is 0 Å². The van der Waals surface area contributed by atoms with Crippen LogP contribution in [-0.4, -0.2) is 47.2 Å². The molecule has 5 rings (SSSR count). The summed E-state index contributed by atoms with van der Waals surface area (Å²) in [6.07, 6.45) is -9.28. The van der Waals surface area contributed by atoms with Crippen molar-refractivity contribution >= 4 is 5.97 Å². The van der Waals surface area contributed by atoms with E-state index in [2.05, 4.69) is 11.3 Å². The molecule has 1 N–H and O–H groups in total. The lowest BCUT2D eigenvalue weighted by atomic mass is 9.47. The Balaban J connectivity index is 1.58. The molecule has 1 spiro atoms. The van der Waals surface area contributed by atoms with Crippen LogP contribution < -0.4 is 0 Å². The smallest absolute Gasteiger partial charge is 0.443 e. The van der Waals surface area contributed by atoms with Gasteiger partial charge in [-0.1, -0.05) is 6.58 Å². The van der Waals surface area contributed by atoms with Gasteiger partial charge in [-0.3, -0.25) is 0 Å². The van der Waals surface area contributed by atoms with Crippen LogP contribution in [0.2, 0.25) is 0 Å². The Morgan fingerprint density at radius 2 is 1.62 bits per heavy atom. The fourth-order valence-electron chi connectivity index (χ4n) is 5.90. The average molecular weight is 430 g/mol. The molecule has 4 saturated carbocycles. The van der Waals surface area contributed by atoms with E-state index in [1.807, 2.05) is 0 Å². The van der Waals surface area contributed by atoms with Gasteiger partial charge in [0.25, 0.3) is 5.79 Å². The number of rotatable bonds is 2. The molecule has 1 saturated heterocycles. The molecule has 0 aromatic rings. The van der Waals surface area contributed by atoms with Gasteiger partial charge in [-0.05, 0) is 49.9 Å². The summed E-state index contributed by atoms with van der Waals surface area (Å²) in [6, 6.07) is 0. The number of carbonyl (C=O) groups is 1. The predicted octanol–water partition coefficient (Wildman–Crippen LogP) is 3.61. The minimum atomic E-state index is -5.02. The Morgan fingerprint density at radius 1 is 1.03 bits per heavy atom. The van der Waals surface area contributed by atoms with Gasteiger partial charge in [0.2, 0.25) is 0 Å². The second-order valence-corrected chi connectivity index (χ2v) is 8.71. The fourth-order valence-corrected chi connectivity index (χ4v) is 5.90. The predicted molar refractivity (Wildman–Crippen MR) is 83.0 cm³/mol. The maximum atomic E-state index is 13.4. The molecule has 5 aliphatic rings. The first-order valence-electron chi connectivity index (χ1n) is 9.26. The summed E-state index contributed by atoms with van der Waals surface area (Å²) in [7, 11) is 0. The molecule has 11 heteroatoms. The van der Waals surface area contributed by atoms with E-state index in [1.54, 1.807) is 0 Å². The highest BCUT2D eigenvalue weighted by Gasteiger charge is 2.71. The first-order chi connectivity index (χ1) is 13.2. The molecule has 164 valence electrons. The van der Waals surface area contributed by atoms with E-state index in [9.17, 15) is 36.2 Å². The number of hydrogen-bond acceptors (Lipinski definition) is 5. The van der Waals surface area contributed by atoms with Crippen molar-refractivity contribution in [1.29, 1.82) is 0 Å². The summed E-state index contributed by atoms with van der Waals surface area (Å²) in [6.45, 7) is 2.01. The Morgan fingerprint density at radius 3 is 2.14 bits per heavy atom. The van der Waals surface area contributed by atoms with Crippen molar-refractivity contribution in [3.8, 4) is 0 Å². The zero-order valence-corrected chi connectivity index (χ0v) is 15.2. The molecule has 5 fully saturated rings. The van der Waals surface area contributed by atoms with Crippen molar-refractivity contribution in [2.24, 2.45) is 17.8 Å². The van der Waals surface area contributed by atoms with Gasteiger partial charge in [0.05, 0.1) is 5.60 Å². The van der Waals surface area contributed by atoms with Crippen molar-refractivity contribution < 1.29 is 50.5 Å². The SMILES string of the molecule is C=C(C(=O)OC12CC3CC(C1)C1(CC(O)(C(F)(F)F)OCO1)C(C3)C2)C(F)(F)F. The minimum absolute atomic E-state index is 0.00417. The van der Waals surface area contributed by atoms with Gasteiger partial charge >= 0.3 is 18.3 Å². The molecule has 1 heterocycles. The highest BCUT2D eigenvalue weighted by molar-refractivity contribution is 5.89. The fraction of sp³-hybridized carbons (Fsp3) is 0.833. The van der Waals surface area contributed by atoms with Gasteiger partial charge in [-0.25, -0.2) is 4.79 Å². The monoisotopic (exact) mass is 430 g/mol. The van der Waals surface area contributed by atoms with E-state index >= 15 is 0 Å². The third-order valence-corrected chi connectivity index (χ3v) is 7.00. The molecule has 4 aliphatic carbocycles. The molecule has 3 atom stereocenters. The molecule has 0 aromatic carbocycles. The van der Waals surface area contributed by atoms with Gasteiger partial charge in [-0.15, -0.1) is 0 Å². The largest absolute Gasteiger partial charge is 0.455 e. The van der Waals surface area contributed by atoms with E-state index in [4.69, 9.17) is 9.47 Å². The van der Waals surface area contributed by atoms with E-state index in [-0.39, 0.29) is 18.8 Å². The number of halogens is 6. The second kappa shape index (κ2) is 6.10. The maximum absolute atomic E-state index is 13.4. The van der Waals surface area contributed by atoms with Gasteiger partial charge in [0.1, 0.15) is 11.2 Å². The third-order valence-electron chi connectivity index (χ3n) is 7.00. The molecule has 0 amide bonds. The van der Waals surface area contributed by atoms with Crippen molar-refractivity contribution in [3.05, 3.63) is 12.2 Å². The number of esters is 1. The Labute approximate surface area is 162 Å². The number of aliphatic hydroxyl groups is 1. The molecule has 29 heavy (non-hydrogen) atoms. The molecular weight excluding hydrogens is 410 g/mol. The highest BCUT2D eigenvalue weighted by atomic mass is 19.4. The normalized spacial score (nSPS) is 44.2. The summed E-state index contributed by atoms with van der Waals surface area (Å²) in [5, 5.41) is 10.1. The molecule has 4 bridgehead atoms.